The Morgan fingerprint density at radius 3 is 2.67 bits per heavy atom. The zero-order valence-electron chi connectivity index (χ0n) is 12.8. The molecule has 0 aliphatic rings. The minimum Gasteiger partial charge on any atom is -0.349 e. The predicted molar refractivity (Wildman–Crippen MR) is 94.3 cm³/mol. The van der Waals surface area contributed by atoms with Gasteiger partial charge in [-0.05, 0) is 36.4 Å². The largest absolute Gasteiger partial charge is 0.349 e. The van der Waals surface area contributed by atoms with Gasteiger partial charge >= 0.3 is 0 Å². The van der Waals surface area contributed by atoms with Crippen LogP contribution in [-0.2, 0) is 0 Å². The zero-order chi connectivity index (χ0) is 16.9. The number of carbonyl (C=O) groups excluding carboxylic acids is 1. The number of carbonyl (C=O) groups is 1. The number of nitrogens with one attached hydrogen (secondary N) is 1. The van der Waals surface area contributed by atoms with Gasteiger partial charge in [-0.25, -0.2) is 4.68 Å². The smallest absolute Gasteiger partial charge is 0.253 e. The molecule has 0 spiro atoms. The molecule has 24 heavy (non-hydrogen) atoms. The van der Waals surface area contributed by atoms with Gasteiger partial charge in [0.15, 0.2) is 0 Å². The minimum absolute atomic E-state index is 0.175. The Bertz CT molecular complexity index is 853. The fourth-order valence-electron chi connectivity index (χ4n) is 2.16. The SMILES string of the molecule is C=CCNC(=O)c1ccc(-c2cnn(-c3ccc(Cl)cc3)c2)nc1. The Morgan fingerprint density at radius 2 is 2.00 bits per heavy atom. The van der Waals surface area contributed by atoms with E-state index in [4.69, 9.17) is 11.6 Å². The number of nitrogens with zero attached hydrogens (tertiary/aromatic N) is 3. The predicted octanol–water partition coefficient (Wildman–Crippen LogP) is 3.50. The number of aromatic nitrogens is 3. The molecule has 0 aliphatic carbocycles. The second-order valence-corrected chi connectivity index (χ2v) is 5.52. The molecule has 3 rings (SSSR count). The van der Waals surface area contributed by atoms with Crippen LogP contribution in [0.1, 0.15) is 10.4 Å². The van der Waals surface area contributed by atoms with E-state index >= 15 is 0 Å². The monoisotopic (exact) mass is 338 g/mol. The van der Waals surface area contributed by atoms with Gasteiger partial charge in [0.2, 0.25) is 0 Å². The fraction of sp³-hybridized carbons (Fsp3) is 0.0556. The molecular weight excluding hydrogens is 324 g/mol. The second kappa shape index (κ2) is 7.10. The van der Waals surface area contributed by atoms with Gasteiger partial charge in [-0.1, -0.05) is 17.7 Å². The number of halogens is 1. The van der Waals surface area contributed by atoms with Crippen LogP contribution in [-0.4, -0.2) is 27.2 Å². The molecule has 0 aliphatic heterocycles. The van der Waals surface area contributed by atoms with Gasteiger partial charge in [0.05, 0.1) is 23.1 Å². The molecule has 0 bridgehead atoms. The average molecular weight is 339 g/mol. The highest BCUT2D eigenvalue weighted by Crippen LogP contribution is 2.19. The highest BCUT2D eigenvalue weighted by atomic mass is 35.5. The number of hydrogen-bond donors (Lipinski definition) is 1. The first kappa shape index (κ1) is 16.0. The van der Waals surface area contributed by atoms with Gasteiger partial charge in [-0.3, -0.25) is 9.78 Å². The van der Waals surface area contributed by atoms with E-state index in [1.165, 1.54) is 0 Å². The van der Waals surface area contributed by atoms with E-state index in [-0.39, 0.29) is 5.91 Å². The third-order valence-electron chi connectivity index (χ3n) is 3.40. The summed E-state index contributed by atoms with van der Waals surface area (Å²) in [6.07, 6.45) is 6.79. The van der Waals surface area contributed by atoms with E-state index in [9.17, 15) is 4.79 Å². The molecule has 6 heteroatoms. The van der Waals surface area contributed by atoms with Crippen LogP contribution in [0.4, 0.5) is 0 Å². The van der Waals surface area contributed by atoms with E-state index in [0.29, 0.717) is 17.1 Å². The van der Waals surface area contributed by atoms with Gasteiger partial charge in [-0.15, -0.1) is 6.58 Å². The number of amides is 1. The fourth-order valence-corrected chi connectivity index (χ4v) is 2.28. The number of pyridine rings is 1. The van der Waals surface area contributed by atoms with Crippen molar-refractivity contribution in [2.75, 3.05) is 6.54 Å². The van der Waals surface area contributed by atoms with Crippen molar-refractivity contribution in [2.45, 2.75) is 0 Å². The highest BCUT2D eigenvalue weighted by molar-refractivity contribution is 6.30. The molecule has 0 atom stereocenters. The lowest BCUT2D eigenvalue weighted by atomic mass is 10.2. The summed E-state index contributed by atoms with van der Waals surface area (Å²) in [6, 6.07) is 10.9. The van der Waals surface area contributed by atoms with Crippen LogP contribution >= 0.6 is 11.6 Å². The third kappa shape index (κ3) is 3.52. The van der Waals surface area contributed by atoms with Gasteiger partial charge < -0.3 is 5.32 Å². The lowest BCUT2D eigenvalue weighted by Gasteiger charge is -2.03. The molecule has 1 N–H and O–H groups in total. The van der Waals surface area contributed by atoms with Crippen molar-refractivity contribution in [3.05, 3.63) is 78.2 Å². The summed E-state index contributed by atoms with van der Waals surface area (Å²) >= 11 is 5.89. The van der Waals surface area contributed by atoms with Crippen molar-refractivity contribution in [1.82, 2.24) is 20.1 Å². The van der Waals surface area contributed by atoms with E-state index < -0.39 is 0 Å². The Labute approximate surface area is 144 Å². The topological polar surface area (TPSA) is 59.8 Å². The Balaban J connectivity index is 1.79. The van der Waals surface area contributed by atoms with E-state index in [1.807, 2.05) is 30.5 Å². The maximum absolute atomic E-state index is 11.8. The first-order valence-electron chi connectivity index (χ1n) is 7.33. The van der Waals surface area contributed by atoms with E-state index in [2.05, 4.69) is 22.0 Å². The van der Waals surface area contributed by atoms with Crippen LogP contribution in [0.2, 0.25) is 5.02 Å². The highest BCUT2D eigenvalue weighted by Gasteiger charge is 2.08. The van der Waals surface area contributed by atoms with Gasteiger partial charge in [0, 0.05) is 29.5 Å². The summed E-state index contributed by atoms with van der Waals surface area (Å²) in [4.78, 5) is 16.2. The quantitative estimate of drug-likeness (QED) is 0.724. The number of benzene rings is 1. The maximum Gasteiger partial charge on any atom is 0.253 e. The maximum atomic E-state index is 11.8. The zero-order valence-corrected chi connectivity index (χ0v) is 13.6. The molecule has 2 aromatic heterocycles. The molecule has 0 unspecified atom stereocenters. The first-order valence-corrected chi connectivity index (χ1v) is 7.71. The molecule has 5 nitrogen and oxygen atoms in total. The molecule has 0 radical (unpaired) electrons. The van der Waals surface area contributed by atoms with Crippen LogP contribution < -0.4 is 5.32 Å². The van der Waals surface area contributed by atoms with Crippen LogP contribution in [0.25, 0.3) is 16.9 Å². The number of hydrogen-bond acceptors (Lipinski definition) is 3. The molecule has 2 heterocycles. The molecule has 1 aromatic carbocycles. The molecule has 0 saturated heterocycles. The van der Waals surface area contributed by atoms with E-state index in [1.54, 1.807) is 35.3 Å². The summed E-state index contributed by atoms with van der Waals surface area (Å²) in [7, 11) is 0. The van der Waals surface area contributed by atoms with Crippen molar-refractivity contribution in [1.29, 1.82) is 0 Å². The summed E-state index contributed by atoms with van der Waals surface area (Å²) in [5.74, 6) is -0.175. The molecule has 1 amide bonds. The van der Waals surface area contributed by atoms with Crippen LogP contribution in [0.3, 0.4) is 0 Å². The van der Waals surface area contributed by atoms with E-state index in [0.717, 1.165) is 16.9 Å². The summed E-state index contributed by atoms with van der Waals surface area (Å²) < 4.78 is 1.75. The Kier molecular flexibility index (Phi) is 4.72. The standard InChI is InChI=1S/C18H15ClN4O/c1-2-9-20-18(24)13-3-8-17(21-10-13)14-11-22-23(12-14)16-6-4-15(19)5-7-16/h2-8,10-12H,1,9H2,(H,20,24). The van der Waals surface area contributed by atoms with Crippen molar-refractivity contribution < 1.29 is 4.79 Å². The molecule has 0 saturated carbocycles. The number of rotatable bonds is 5. The van der Waals surface area contributed by atoms with Crippen LogP contribution in [0.5, 0.6) is 0 Å². The lowest BCUT2D eigenvalue weighted by molar-refractivity contribution is 0.0957. The normalized spacial score (nSPS) is 10.4. The van der Waals surface area contributed by atoms with Gasteiger partial charge in [0.1, 0.15) is 0 Å². The first-order chi connectivity index (χ1) is 11.7. The lowest BCUT2D eigenvalue weighted by Crippen LogP contribution is -2.23. The third-order valence-corrected chi connectivity index (χ3v) is 3.65. The van der Waals surface area contributed by atoms with Crippen LogP contribution in [0.15, 0.2) is 67.6 Å². The molecule has 0 fully saturated rings. The van der Waals surface area contributed by atoms with Crippen molar-refractivity contribution >= 4 is 17.5 Å². The van der Waals surface area contributed by atoms with Crippen molar-refractivity contribution in [3.63, 3.8) is 0 Å². The van der Waals surface area contributed by atoms with Crippen molar-refractivity contribution in [2.24, 2.45) is 0 Å². The Morgan fingerprint density at radius 1 is 1.21 bits per heavy atom. The summed E-state index contributed by atoms with van der Waals surface area (Å²) in [5.41, 5.74) is 3.02. The van der Waals surface area contributed by atoms with Gasteiger partial charge in [-0.2, -0.15) is 5.10 Å². The molecular formula is C18H15ClN4O. The van der Waals surface area contributed by atoms with Crippen molar-refractivity contribution in [3.8, 4) is 16.9 Å². The second-order valence-electron chi connectivity index (χ2n) is 5.08. The Hall–Kier alpha value is -2.92. The summed E-state index contributed by atoms with van der Waals surface area (Å²) in [6.45, 7) is 3.99. The molecule has 3 aromatic rings. The minimum atomic E-state index is -0.175. The average Bonchev–Trinajstić information content (AvgIpc) is 3.10. The van der Waals surface area contributed by atoms with Gasteiger partial charge in [0.25, 0.3) is 5.91 Å². The van der Waals surface area contributed by atoms with Crippen LogP contribution in [0, 0.1) is 0 Å². The summed E-state index contributed by atoms with van der Waals surface area (Å²) in [5, 5.41) is 7.73. The molecule has 120 valence electrons.